The zero-order valence-corrected chi connectivity index (χ0v) is 12.6. The predicted molar refractivity (Wildman–Crippen MR) is 82.0 cm³/mol. The van der Waals surface area contributed by atoms with Gasteiger partial charge >= 0.3 is 0 Å². The Morgan fingerprint density at radius 2 is 1.85 bits per heavy atom. The number of benzene rings is 1. The van der Waals surface area contributed by atoms with Gasteiger partial charge in [0, 0.05) is 11.1 Å². The molecule has 2 aliphatic rings. The van der Waals surface area contributed by atoms with Crippen LogP contribution in [0.25, 0.3) is 0 Å². The SMILES string of the molecule is N[C@@H]1COC[C@H]1N1CCC(Cc2ccc(Cl)cc2)CC1. The van der Waals surface area contributed by atoms with Crippen molar-refractivity contribution in [3.8, 4) is 0 Å². The van der Waals surface area contributed by atoms with E-state index in [1.54, 1.807) is 0 Å². The zero-order chi connectivity index (χ0) is 13.9. The Balaban J connectivity index is 1.49. The zero-order valence-electron chi connectivity index (χ0n) is 11.8. The van der Waals surface area contributed by atoms with Crippen molar-refractivity contribution in [3.63, 3.8) is 0 Å². The Morgan fingerprint density at radius 1 is 1.15 bits per heavy atom. The number of hydrogen-bond acceptors (Lipinski definition) is 3. The third-order valence-corrected chi connectivity index (χ3v) is 4.90. The molecule has 1 aromatic rings. The quantitative estimate of drug-likeness (QED) is 0.930. The summed E-state index contributed by atoms with van der Waals surface area (Å²) in [6.45, 7) is 3.83. The second-order valence-electron chi connectivity index (χ2n) is 6.08. The fourth-order valence-electron chi connectivity index (χ4n) is 3.38. The molecule has 0 unspecified atom stereocenters. The molecular weight excluding hydrogens is 272 g/mol. The molecule has 0 bridgehead atoms. The molecular formula is C16H23ClN2O. The molecule has 0 amide bonds. The average molecular weight is 295 g/mol. The number of likely N-dealkylation sites (tertiary alicyclic amines) is 1. The van der Waals surface area contributed by atoms with E-state index in [0.29, 0.717) is 6.04 Å². The minimum atomic E-state index is 0.197. The molecule has 2 N–H and O–H groups in total. The summed E-state index contributed by atoms with van der Waals surface area (Å²) < 4.78 is 5.48. The van der Waals surface area contributed by atoms with Crippen molar-refractivity contribution < 1.29 is 4.74 Å². The normalized spacial score (nSPS) is 28.9. The van der Waals surface area contributed by atoms with Crippen LogP contribution in [0.3, 0.4) is 0 Å². The van der Waals surface area contributed by atoms with E-state index in [1.807, 2.05) is 12.1 Å². The fraction of sp³-hybridized carbons (Fsp3) is 0.625. The Bertz CT molecular complexity index is 429. The Hall–Kier alpha value is -0.610. The summed E-state index contributed by atoms with van der Waals surface area (Å²) >= 11 is 5.93. The van der Waals surface area contributed by atoms with E-state index in [-0.39, 0.29) is 6.04 Å². The Labute approximate surface area is 126 Å². The maximum Gasteiger partial charge on any atom is 0.0638 e. The topological polar surface area (TPSA) is 38.5 Å². The van der Waals surface area contributed by atoms with E-state index in [0.717, 1.165) is 43.7 Å². The third-order valence-electron chi connectivity index (χ3n) is 4.65. The van der Waals surface area contributed by atoms with E-state index in [9.17, 15) is 0 Å². The molecule has 2 aliphatic heterocycles. The van der Waals surface area contributed by atoms with Crippen molar-refractivity contribution in [2.24, 2.45) is 11.7 Å². The summed E-state index contributed by atoms with van der Waals surface area (Å²) in [5, 5.41) is 0.818. The lowest BCUT2D eigenvalue weighted by atomic mass is 9.89. The highest BCUT2D eigenvalue weighted by atomic mass is 35.5. The minimum absolute atomic E-state index is 0.197. The van der Waals surface area contributed by atoms with Crippen LogP contribution < -0.4 is 5.73 Å². The van der Waals surface area contributed by atoms with Crippen LogP contribution in [0.4, 0.5) is 0 Å². The van der Waals surface area contributed by atoms with Gasteiger partial charge in [0.2, 0.25) is 0 Å². The van der Waals surface area contributed by atoms with Crippen molar-refractivity contribution in [1.82, 2.24) is 4.90 Å². The van der Waals surface area contributed by atoms with Crippen molar-refractivity contribution in [2.75, 3.05) is 26.3 Å². The van der Waals surface area contributed by atoms with Gasteiger partial charge in [0.1, 0.15) is 0 Å². The molecule has 110 valence electrons. The molecule has 3 rings (SSSR count). The molecule has 3 nitrogen and oxygen atoms in total. The van der Waals surface area contributed by atoms with Gasteiger partial charge in [-0.05, 0) is 56.0 Å². The number of nitrogens with two attached hydrogens (primary N) is 1. The van der Waals surface area contributed by atoms with Gasteiger partial charge in [-0.1, -0.05) is 23.7 Å². The van der Waals surface area contributed by atoms with Gasteiger partial charge in [0.05, 0.1) is 19.3 Å². The van der Waals surface area contributed by atoms with Gasteiger partial charge in [-0.3, -0.25) is 4.90 Å². The monoisotopic (exact) mass is 294 g/mol. The van der Waals surface area contributed by atoms with E-state index in [4.69, 9.17) is 22.1 Å². The van der Waals surface area contributed by atoms with Gasteiger partial charge < -0.3 is 10.5 Å². The predicted octanol–water partition coefficient (Wildman–Crippen LogP) is 2.32. The highest BCUT2D eigenvalue weighted by Crippen LogP contribution is 2.25. The maximum absolute atomic E-state index is 6.10. The van der Waals surface area contributed by atoms with E-state index in [2.05, 4.69) is 17.0 Å². The van der Waals surface area contributed by atoms with Crippen LogP contribution in [0.5, 0.6) is 0 Å². The molecule has 0 saturated carbocycles. The lowest BCUT2D eigenvalue weighted by Crippen LogP contribution is -2.50. The lowest BCUT2D eigenvalue weighted by molar-refractivity contribution is 0.108. The first-order valence-electron chi connectivity index (χ1n) is 7.54. The molecule has 0 aliphatic carbocycles. The molecule has 1 aromatic carbocycles. The number of rotatable bonds is 3. The highest BCUT2D eigenvalue weighted by molar-refractivity contribution is 6.30. The smallest absolute Gasteiger partial charge is 0.0638 e. The molecule has 2 saturated heterocycles. The Kier molecular flexibility index (Phi) is 4.61. The van der Waals surface area contributed by atoms with Crippen LogP contribution in [-0.4, -0.2) is 43.3 Å². The minimum Gasteiger partial charge on any atom is -0.378 e. The summed E-state index contributed by atoms with van der Waals surface area (Å²) in [6, 6.07) is 8.90. The first kappa shape index (κ1) is 14.3. The maximum atomic E-state index is 6.10. The summed E-state index contributed by atoms with van der Waals surface area (Å²) in [6.07, 6.45) is 3.68. The van der Waals surface area contributed by atoms with Crippen LogP contribution in [0.1, 0.15) is 18.4 Å². The molecule has 2 atom stereocenters. The van der Waals surface area contributed by atoms with Gasteiger partial charge in [-0.2, -0.15) is 0 Å². The Morgan fingerprint density at radius 3 is 2.45 bits per heavy atom. The first-order chi connectivity index (χ1) is 9.72. The van der Waals surface area contributed by atoms with Crippen LogP contribution in [-0.2, 0) is 11.2 Å². The van der Waals surface area contributed by atoms with Gasteiger partial charge in [0.25, 0.3) is 0 Å². The van der Waals surface area contributed by atoms with Crippen molar-refractivity contribution in [3.05, 3.63) is 34.9 Å². The molecule has 20 heavy (non-hydrogen) atoms. The standard InChI is InChI=1S/C16H23ClN2O/c17-14-3-1-12(2-4-14)9-13-5-7-19(8-6-13)16-11-20-10-15(16)18/h1-4,13,15-16H,5-11,18H2/t15-,16-/m1/s1. The summed E-state index contributed by atoms with van der Waals surface area (Å²) in [5.41, 5.74) is 7.50. The molecule has 2 fully saturated rings. The van der Waals surface area contributed by atoms with E-state index < -0.39 is 0 Å². The third kappa shape index (κ3) is 3.34. The molecule has 0 aromatic heterocycles. The van der Waals surface area contributed by atoms with Gasteiger partial charge in [0.15, 0.2) is 0 Å². The fourth-order valence-corrected chi connectivity index (χ4v) is 3.50. The second-order valence-corrected chi connectivity index (χ2v) is 6.52. The highest BCUT2D eigenvalue weighted by Gasteiger charge is 2.32. The number of hydrogen-bond donors (Lipinski definition) is 1. The van der Waals surface area contributed by atoms with Crippen molar-refractivity contribution in [2.45, 2.75) is 31.3 Å². The number of ether oxygens (including phenoxy) is 1. The van der Waals surface area contributed by atoms with Gasteiger partial charge in [-0.25, -0.2) is 0 Å². The molecule has 0 radical (unpaired) electrons. The summed E-state index contributed by atoms with van der Waals surface area (Å²) in [7, 11) is 0. The summed E-state index contributed by atoms with van der Waals surface area (Å²) in [5.74, 6) is 0.783. The van der Waals surface area contributed by atoms with Crippen molar-refractivity contribution >= 4 is 11.6 Å². The van der Waals surface area contributed by atoms with E-state index in [1.165, 1.54) is 18.4 Å². The van der Waals surface area contributed by atoms with Crippen LogP contribution >= 0.6 is 11.6 Å². The molecule has 4 heteroatoms. The molecule has 2 heterocycles. The lowest BCUT2D eigenvalue weighted by Gasteiger charge is -2.36. The number of nitrogens with zero attached hydrogens (tertiary/aromatic N) is 1. The number of piperidine rings is 1. The average Bonchev–Trinajstić information content (AvgIpc) is 2.89. The van der Waals surface area contributed by atoms with Crippen LogP contribution in [0, 0.1) is 5.92 Å². The van der Waals surface area contributed by atoms with E-state index >= 15 is 0 Å². The number of halogens is 1. The second kappa shape index (κ2) is 6.44. The van der Waals surface area contributed by atoms with Crippen molar-refractivity contribution in [1.29, 1.82) is 0 Å². The summed E-state index contributed by atoms with van der Waals surface area (Å²) in [4.78, 5) is 2.52. The van der Waals surface area contributed by atoms with Crippen LogP contribution in [0.2, 0.25) is 5.02 Å². The first-order valence-corrected chi connectivity index (χ1v) is 7.92. The largest absolute Gasteiger partial charge is 0.378 e. The van der Waals surface area contributed by atoms with Gasteiger partial charge in [-0.15, -0.1) is 0 Å². The molecule has 0 spiro atoms. The van der Waals surface area contributed by atoms with Crippen LogP contribution in [0.15, 0.2) is 24.3 Å².